The molecule has 106 valence electrons. The lowest BCUT2D eigenvalue weighted by Gasteiger charge is -2.63. The second-order valence-electron chi connectivity index (χ2n) is 8.26. The minimum atomic E-state index is -0.544. The van der Waals surface area contributed by atoms with Crippen molar-refractivity contribution in [1.82, 2.24) is 0 Å². The highest BCUT2D eigenvalue weighted by molar-refractivity contribution is 5.68. The van der Waals surface area contributed by atoms with Gasteiger partial charge >= 0.3 is 5.97 Å². The molecule has 0 amide bonds. The van der Waals surface area contributed by atoms with Crippen molar-refractivity contribution in [2.75, 3.05) is 0 Å². The van der Waals surface area contributed by atoms with Crippen molar-refractivity contribution in [1.29, 1.82) is 0 Å². The van der Waals surface area contributed by atoms with E-state index in [1.807, 2.05) is 0 Å². The summed E-state index contributed by atoms with van der Waals surface area (Å²) in [5.74, 6) is 2.28. The van der Waals surface area contributed by atoms with Gasteiger partial charge in [-0.3, -0.25) is 4.79 Å². The molecule has 0 aromatic heterocycles. The van der Waals surface area contributed by atoms with E-state index >= 15 is 0 Å². The lowest BCUT2D eigenvalue weighted by atomic mass is 9.41. The van der Waals surface area contributed by atoms with E-state index in [1.54, 1.807) is 0 Å². The molecule has 5 aliphatic carbocycles. The summed E-state index contributed by atoms with van der Waals surface area (Å²) in [4.78, 5) is 11.5. The third-order valence-corrected chi connectivity index (χ3v) is 7.21. The fraction of sp³-hybridized carbons (Fsp3) is 0.941. The average molecular weight is 262 g/mol. The third-order valence-electron chi connectivity index (χ3n) is 7.21. The first-order valence-electron chi connectivity index (χ1n) is 8.33. The molecule has 2 heteroatoms. The lowest BCUT2D eigenvalue weighted by molar-refractivity contribution is -0.158. The Morgan fingerprint density at radius 3 is 1.84 bits per heavy atom. The summed E-state index contributed by atoms with van der Waals surface area (Å²) in [6.07, 6.45) is 13.9. The van der Waals surface area contributed by atoms with Gasteiger partial charge in [-0.2, -0.15) is 0 Å². The monoisotopic (exact) mass is 262 g/mol. The molecule has 5 fully saturated rings. The highest BCUT2D eigenvalue weighted by atomic mass is 16.4. The van der Waals surface area contributed by atoms with E-state index in [-0.39, 0.29) is 5.41 Å². The van der Waals surface area contributed by atoms with Crippen LogP contribution < -0.4 is 0 Å². The fourth-order valence-corrected chi connectivity index (χ4v) is 7.00. The first-order valence-corrected chi connectivity index (χ1v) is 8.33. The van der Waals surface area contributed by atoms with Gasteiger partial charge in [0.25, 0.3) is 0 Å². The van der Waals surface area contributed by atoms with Gasteiger partial charge in [-0.15, -0.1) is 0 Å². The van der Waals surface area contributed by atoms with Gasteiger partial charge in [0.15, 0.2) is 0 Å². The van der Waals surface area contributed by atoms with Crippen molar-refractivity contribution in [2.45, 2.75) is 70.6 Å². The molecule has 0 aliphatic heterocycles. The molecule has 5 aliphatic rings. The molecule has 5 rings (SSSR count). The van der Waals surface area contributed by atoms with Crippen LogP contribution in [-0.2, 0) is 4.79 Å². The second kappa shape index (κ2) is 3.99. The van der Waals surface area contributed by atoms with Crippen LogP contribution >= 0.6 is 0 Å². The van der Waals surface area contributed by atoms with Crippen LogP contribution in [0, 0.1) is 28.6 Å². The zero-order chi connectivity index (χ0) is 13.1. The van der Waals surface area contributed by atoms with Gasteiger partial charge in [0, 0.05) is 0 Å². The molecule has 0 heterocycles. The summed E-state index contributed by atoms with van der Waals surface area (Å²) in [6.45, 7) is 0. The van der Waals surface area contributed by atoms with Crippen LogP contribution in [0.2, 0.25) is 0 Å². The Morgan fingerprint density at radius 1 is 0.947 bits per heavy atom. The van der Waals surface area contributed by atoms with Gasteiger partial charge in [0.05, 0.1) is 6.42 Å². The van der Waals surface area contributed by atoms with E-state index in [0.717, 1.165) is 17.8 Å². The minimum absolute atomic E-state index is 0.175. The van der Waals surface area contributed by atoms with E-state index in [4.69, 9.17) is 0 Å². The number of carboxylic acid groups (broad SMARTS) is 1. The number of hydrogen-bond acceptors (Lipinski definition) is 1. The van der Waals surface area contributed by atoms with E-state index < -0.39 is 5.97 Å². The smallest absolute Gasteiger partial charge is 0.303 e. The maximum atomic E-state index is 11.5. The minimum Gasteiger partial charge on any atom is -0.481 e. The normalized spacial score (nSPS) is 46.6. The average Bonchev–Trinajstić information content (AvgIpc) is 2.76. The maximum Gasteiger partial charge on any atom is 0.303 e. The van der Waals surface area contributed by atoms with Gasteiger partial charge < -0.3 is 5.11 Å². The molecule has 0 spiro atoms. The third kappa shape index (κ3) is 1.71. The van der Waals surface area contributed by atoms with Crippen LogP contribution in [0.25, 0.3) is 0 Å². The number of hydrogen-bond donors (Lipinski definition) is 1. The zero-order valence-corrected chi connectivity index (χ0v) is 11.9. The van der Waals surface area contributed by atoms with Crippen molar-refractivity contribution in [3.63, 3.8) is 0 Å². The second-order valence-corrected chi connectivity index (χ2v) is 8.26. The zero-order valence-electron chi connectivity index (χ0n) is 11.9. The Morgan fingerprint density at radius 2 is 1.42 bits per heavy atom. The molecule has 19 heavy (non-hydrogen) atoms. The maximum absolute atomic E-state index is 11.5. The van der Waals surface area contributed by atoms with E-state index in [1.165, 1.54) is 64.2 Å². The molecule has 0 saturated heterocycles. The van der Waals surface area contributed by atoms with Crippen LogP contribution in [0.5, 0.6) is 0 Å². The number of rotatable bonds is 3. The summed E-state index contributed by atoms with van der Waals surface area (Å²) >= 11 is 0. The summed E-state index contributed by atoms with van der Waals surface area (Å²) in [5.41, 5.74) is 0.603. The van der Waals surface area contributed by atoms with E-state index in [9.17, 15) is 9.90 Å². The van der Waals surface area contributed by atoms with Crippen LogP contribution in [0.15, 0.2) is 0 Å². The van der Waals surface area contributed by atoms with E-state index in [2.05, 4.69) is 0 Å². The van der Waals surface area contributed by atoms with Crippen LogP contribution in [0.4, 0.5) is 0 Å². The molecular formula is C17H26O2. The molecule has 1 N–H and O–H groups in total. The highest BCUT2D eigenvalue weighted by Gasteiger charge is 2.60. The predicted octanol–water partition coefficient (Wildman–Crippen LogP) is 4.24. The number of aliphatic carboxylic acids is 1. The first-order chi connectivity index (χ1) is 9.11. The van der Waals surface area contributed by atoms with Gasteiger partial charge in [0.1, 0.15) is 0 Å². The van der Waals surface area contributed by atoms with Crippen LogP contribution in [-0.4, -0.2) is 11.1 Å². The van der Waals surface area contributed by atoms with Gasteiger partial charge in [-0.1, -0.05) is 12.8 Å². The van der Waals surface area contributed by atoms with E-state index in [0.29, 0.717) is 11.8 Å². The summed E-state index contributed by atoms with van der Waals surface area (Å²) in [6, 6.07) is 0. The molecule has 0 radical (unpaired) electrons. The Kier molecular flexibility index (Phi) is 2.57. The molecule has 4 bridgehead atoms. The molecule has 5 saturated carbocycles. The lowest BCUT2D eigenvalue weighted by Crippen LogP contribution is -2.54. The van der Waals surface area contributed by atoms with Crippen molar-refractivity contribution in [3.8, 4) is 0 Å². The van der Waals surface area contributed by atoms with Gasteiger partial charge in [-0.05, 0) is 80.0 Å². The molecular weight excluding hydrogens is 236 g/mol. The van der Waals surface area contributed by atoms with Crippen molar-refractivity contribution >= 4 is 5.97 Å². The SMILES string of the molecule is O=C(O)CC1(C23CC4CC(CC(C4)C2)C3)CCCC1. The standard InChI is InChI=1S/C17H26O2/c18-15(19)11-16(3-1-2-4-16)17-8-12-5-13(9-17)7-14(6-12)10-17/h12-14H,1-11H2,(H,18,19). The molecule has 0 unspecified atom stereocenters. The van der Waals surface area contributed by atoms with Crippen molar-refractivity contribution < 1.29 is 9.90 Å². The van der Waals surface area contributed by atoms with Crippen molar-refractivity contribution in [2.24, 2.45) is 28.6 Å². The summed E-state index contributed by atoms with van der Waals surface area (Å²) in [5, 5.41) is 9.44. The Balaban J connectivity index is 1.70. The Labute approximate surface area is 116 Å². The van der Waals surface area contributed by atoms with Gasteiger partial charge in [0.2, 0.25) is 0 Å². The largest absolute Gasteiger partial charge is 0.481 e. The van der Waals surface area contributed by atoms with Gasteiger partial charge in [-0.25, -0.2) is 0 Å². The number of carboxylic acids is 1. The highest BCUT2D eigenvalue weighted by Crippen LogP contribution is 2.70. The molecule has 0 aromatic rings. The topological polar surface area (TPSA) is 37.3 Å². The van der Waals surface area contributed by atoms with Crippen LogP contribution in [0.1, 0.15) is 70.6 Å². The van der Waals surface area contributed by atoms with Crippen LogP contribution in [0.3, 0.4) is 0 Å². The Bertz CT molecular complexity index is 357. The molecule has 2 nitrogen and oxygen atoms in total. The fourth-order valence-electron chi connectivity index (χ4n) is 7.00. The predicted molar refractivity (Wildman–Crippen MR) is 73.8 cm³/mol. The first kappa shape index (κ1) is 12.2. The number of carbonyl (C=O) groups is 1. The Hall–Kier alpha value is -0.530. The summed E-state index contributed by atoms with van der Waals surface area (Å²) in [7, 11) is 0. The van der Waals surface area contributed by atoms with Crippen molar-refractivity contribution in [3.05, 3.63) is 0 Å². The quantitative estimate of drug-likeness (QED) is 0.826. The molecule has 0 atom stereocenters. The molecule has 0 aromatic carbocycles. The summed E-state index contributed by atoms with van der Waals surface area (Å²) < 4.78 is 0.